The first-order valence-corrected chi connectivity index (χ1v) is 11.6. The van der Waals surface area contributed by atoms with Crippen LogP contribution in [0.15, 0.2) is 36.0 Å². The number of rotatable bonds is 8. The van der Waals surface area contributed by atoms with Gasteiger partial charge in [0.1, 0.15) is 29.7 Å². The van der Waals surface area contributed by atoms with Gasteiger partial charge in [0.2, 0.25) is 5.88 Å². The monoisotopic (exact) mass is 508 g/mol. The van der Waals surface area contributed by atoms with E-state index in [1.54, 1.807) is 12.3 Å². The van der Waals surface area contributed by atoms with Crippen molar-refractivity contribution in [3.8, 4) is 17.4 Å². The Morgan fingerprint density at radius 3 is 2.91 bits per heavy atom. The van der Waals surface area contributed by atoms with Crippen molar-refractivity contribution in [3.63, 3.8) is 0 Å². The Balaban J connectivity index is 0.00000324. The average Bonchev–Trinajstić information content (AvgIpc) is 2.79. The highest BCUT2D eigenvalue weighted by atomic mass is 35.5. The predicted octanol–water partition coefficient (Wildman–Crippen LogP) is 5.10. The van der Waals surface area contributed by atoms with Gasteiger partial charge in [-0.15, -0.1) is 12.4 Å². The SMILES string of the molecule is CC(C)Oc1ncc(COc2ccc3c(c2)OCC(CN2CCC[C@@H](C(=O)O)C2)=C3)cc1Cl.Cl. The van der Waals surface area contributed by atoms with Crippen molar-refractivity contribution in [1.29, 1.82) is 0 Å². The van der Waals surface area contributed by atoms with E-state index in [1.165, 1.54) is 0 Å². The normalized spacial score (nSPS) is 17.8. The molecule has 1 fully saturated rings. The molecular weight excluding hydrogens is 479 g/mol. The van der Waals surface area contributed by atoms with E-state index in [0.717, 1.165) is 48.4 Å². The van der Waals surface area contributed by atoms with Crippen LogP contribution in [0.4, 0.5) is 0 Å². The van der Waals surface area contributed by atoms with Gasteiger partial charge in [0.05, 0.1) is 12.0 Å². The molecule has 1 aromatic heterocycles. The zero-order chi connectivity index (χ0) is 23.4. The standard InChI is InChI=1S/C25H29ClN2O5.ClH/c1-16(2)33-24-22(26)9-17(11-27-24)14-31-21-6-5-19-8-18(15-32-23(19)10-21)12-28-7-3-4-20(13-28)25(29)30;/h5-6,8-11,16,20H,3-4,7,12-15H2,1-2H3,(H,29,30);1H/t20-;/m1./s1. The third-order valence-electron chi connectivity index (χ3n) is 5.66. The predicted molar refractivity (Wildman–Crippen MR) is 133 cm³/mol. The maximum Gasteiger partial charge on any atom is 0.307 e. The number of carboxylic acid groups (broad SMARTS) is 1. The molecule has 1 saturated heterocycles. The Bertz CT molecular complexity index is 1040. The van der Waals surface area contributed by atoms with Gasteiger partial charge in [0, 0.05) is 36.5 Å². The van der Waals surface area contributed by atoms with E-state index in [-0.39, 0.29) is 24.4 Å². The molecule has 2 aliphatic rings. The first kappa shape index (κ1) is 26.1. The topological polar surface area (TPSA) is 81.1 Å². The number of aliphatic carboxylic acids is 1. The Labute approximate surface area is 211 Å². The summed E-state index contributed by atoms with van der Waals surface area (Å²) in [5.74, 6) is 0.909. The van der Waals surface area contributed by atoms with E-state index in [0.29, 0.717) is 36.4 Å². The number of benzene rings is 1. The zero-order valence-electron chi connectivity index (χ0n) is 19.3. The minimum atomic E-state index is -0.704. The first-order valence-electron chi connectivity index (χ1n) is 11.2. The second-order valence-electron chi connectivity index (χ2n) is 8.79. The molecule has 3 heterocycles. The van der Waals surface area contributed by atoms with Gasteiger partial charge in [-0.25, -0.2) is 4.98 Å². The van der Waals surface area contributed by atoms with Crippen LogP contribution >= 0.6 is 24.0 Å². The van der Waals surface area contributed by atoms with Crippen LogP contribution < -0.4 is 14.2 Å². The summed E-state index contributed by atoms with van der Waals surface area (Å²) in [6, 6.07) is 7.57. The van der Waals surface area contributed by atoms with Crippen molar-refractivity contribution in [2.24, 2.45) is 5.92 Å². The van der Waals surface area contributed by atoms with Crippen LogP contribution in [0, 0.1) is 5.92 Å². The number of piperidine rings is 1. The van der Waals surface area contributed by atoms with E-state index < -0.39 is 5.97 Å². The molecule has 7 nitrogen and oxygen atoms in total. The van der Waals surface area contributed by atoms with Crippen LogP contribution in [0.3, 0.4) is 0 Å². The number of hydrogen-bond acceptors (Lipinski definition) is 6. The zero-order valence-corrected chi connectivity index (χ0v) is 20.9. The molecule has 0 spiro atoms. The Hall–Kier alpha value is -2.48. The highest BCUT2D eigenvalue weighted by Gasteiger charge is 2.26. The Morgan fingerprint density at radius 1 is 1.35 bits per heavy atom. The second-order valence-corrected chi connectivity index (χ2v) is 9.20. The van der Waals surface area contributed by atoms with Gasteiger partial charge in [0.15, 0.2) is 0 Å². The molecule has 9 heteroatoms. The quantitative estimate of drug-likeness (QED) is 0.531. The molecule has 2 aliphatic heterocycles. The number of pyridine rings is 1. The van der Waals surface area contributed by atoms with Gasteiger partial charge >= 0.3 is 5.97 Å². The third kappa shape index (κ3) is 6.78. The summed E-state index contributed by atoms with van der Waals surface area (Å²) < 4.78 is 17.5. The van der Waals surface area contributed by atoms with E-state index in [9.17, 15) is 9.90 Å². The lowest BCUT2D eigenvalue weighted by Crippen LogP contribution is -2.40. The molecule has 1 atom stereocenters. The molecule has 184 valence electrons. The fourth-order valence-corrected chi connectivity index (χ4v) is 4.31. The van der Waals surface area contributed by atoms with Crippen molar-refractivity contribution in [2.45, 2.75) is 39.4 Å². The number of fused-ring (bicyclic) bond motifs is 1. The minimum absolute atomic E-state index is 0. The van der Waals surface area contributed by atoms with Gasteiger partial charge in [-0.2, -0.15) is 0 Å². The molecule has 2 aromatic rings. The third-order valence-corrected chi connectivity index (χ3v) is 5.93. The maximum atomic E-state index is 11.3. The number of nitrogens with zero attached hydrogens (tertiary/aromatic N) is 2. The van der Waals surface area contributed by atoms with E-state index in [4.69, 9.17) is 25.8 Å². The molecule has 0 radical (unpaired) electrons. The summed E-state index contributed by atoms with van der Waals surface area (Å²) >= 11 is 6.25. The van der Waals surface area contributed by atoms with E-state index in [2.05, 4.69) is 16.0 Å². The maximum absolute atomic E-state index is 11.3. The number of carbonyl (C=O) groups is 1. The number of hydrogen-bond donors (Lipinski definition) is 1. The number of ether oxygens (including phenoxy) is 3. The van der Waals surface area contributed by atoms with Crippen molar-refractivity contribution >= 4 is 36.1 Å². The number of likely N-dealkylation sites (tertiary alicyclic amines) is 1. The van der Waals surface area contributed by atoms with Gasteiger partial charge in [-0.1, -0.05) is 11.6 Å². The Morgan fingerprint density at radius 2 is 2.18 bits per heavy atom. The molecule has 0 bridgehead atoms. The molecule has 0 aliphatic carbocycles. The summed E-state index contributed by atoms with van der Waals surface area (Å²) in [6.45, 7) is 6.91. The first-order chi connectivity index (χ1) is 15.9. The molecule has 1 N–H and O–H groups in total. The highest BCUT2D eigenvalue weighted by Crippen LogP contribution is 2.32. The molecular formula is C25H30Cl2N2O5. The largest absolute Gasteiger partial charge is 0.489 e. The molecule has 0 amide bonds. The summed E-state index contributed by atoms with van der Waals surface area (Å²) in [6.07, 6.45) is 5.50. The van der Waals surface area contributed by atoms with Crippen molar-refractivity contribution < 1.29 is 24.1 Å². The van der Waals surface area contributed by atoms with Crippen LogP contribution in [-0.4, -0.2) is 53.3 Å². The van der Waals surface area contributed by atoms with Crippen molar-refractivity contribution in [3.05, 3.63) is 52.2 Å². The second kappa shape index (κ2) is 11.8. The van der Waals surface area contributed by atoms with E-state index in [1.807, 2.05) is 32.0 Å². The van der Waals surface area contributed by atoms with Crippen LogP contribution in [0.25, 0.3) is 6.08 Å². The van der Waals surface area contributed by atoms with Crippen LogP contribution in [-0.2, 0) is 11.4 Å². The summed E-state index contributed by atoms with van der Waals surface area (Å²) in [5, 5.41) is 9.76. The summed E-state index contributed by atoms with van der Waals surface area (Å²) in [5.41, 5.74) is 2.99. The molecule has 4 rings (SSSR count). The van der Waals surface area contributed by atoms with Crippen molar-refractivity contribution in [2.75, 3.05) is 26.2 Å². The van der Waals surface area contributed by atoms with Gasteiger partial charge in [-0.3, -0.25) is 9.69 Å². The lowest BCUT2D eigenvalue weighted by atomic mass is 9.97. The highest BCUT2D eigenvalue weighted by molar-refractivity contribution is 6.31. The average molecular weight is 509 g/mol. The molecule has 1 aromatic carbocycles. The Kier molecular flexibility index (Phi) is 9.05. The smallest absolute Gasteiger partial charge is 0.307 e. The lowest BCUT2D eigenvalue weighted by Gasteiger charge is -2.32. The van der Waals surface area contributed by atoms with Crippen molar-refractivity contribution in [1.82, 2.24) is 9.88 Å². The van der Waals surface area contributed by atoms with Gasteiger partial charge in [0.25, 0.3) is 0 Å². The van der Waals surface area contributed by atoms with Gasteiger partial charge in [-0.05, 0) is 63.1 Å². The van der Waals surface area contributed by atoms with E-state index >= 15 is 0 Å². The molecule has 0 unspecified atom stereocenters. The minimum Gasteiger partial charge on any atom is -0.489 e. The van der Waals surface area contributed by atoms with Gasteiger partial charge < -0.3 is 19.3 Å². The fourth-order valence-electron chi connectivity index (χ4n) is 4.08. The lowest BCUT2D eigenvalue weighted by molar-refractivity contribution is -0.143. The van der Waals surface area contributed by atoms with Crippen LogP contribution in [0.2, 0.25) is 5.02 Å². The molecule has 0 saturated carbocycles. The molecule has 34 heavy (non-hydrogen) atoms. The summed E-state index contributed by atoms with van der Waals surface area (Å²) in [7, 11) is 0. The fraction of sp³-hybridized carbons (Fsp3) is 0.440. The van der Waals surface area contributed by atoms with Crippen LogP contribution in [0.1, 0.15) is 37.8 Å². The number of aromatic nitrogens is 1. The number of carboxylic acids is 1. The summed E-state index contributed by atoms with van der Waals surface area (Å²) in [4.78, 5) is 17.8. The number of halogens is 2. The van der Waals surface area contributed by atoms with Crippen LogP contribution in [0.5, 0.6) is 17.4 Å².